The van der Waals surface area contributed by atoms with Gasteiger partial charge in [0.1, 0.15) is 16.9 Å². The van der Waals surface area contributed by atoms with Crippen LogP contribution >= 0.6 is 0 Å². The van der Waals surface area contributed by atoms with Crippen LogP contribution in [0, 0.1) is 15.9 Å². The van der Waals surface area contributed by atoms with Gasteiger partial charge in [0.05, 0.1) is 34.6 Å². The number of nitrogens with zero attached hydrogens (tertiary/aromatic N) is 3. The Balaban J connectivity index is 2.50. The number of hydrogen-bond acceptors (Lipinski definition) is 7. The summed E-state index contributed by atoms with van der Waals surface area (Å²) in [7, 11) is 1.72. The topological polar surface area (TPSA) is 138 Å². The molecule has 1 aromatic carbocycles. The fourth-order valence-electron chi connectivity index (χ4n) is 3.70. The van der Waals surface area contributed by atoms with E-state index in [0.29, 0.717) is 13.1 Å². The van der Waals surface area contributed by atoms with E-state index >= 15 is 4.39 Å². The van der Waals surface area contributed by atoms with E-state index < -0.39 is 57.5 Å². The van der Waals surface area contributed by atoms with E-state index in [1.807, 2.05) is 0 Å². The SMILES string of the molecule is C[C@@H](CO)n1cc(C(=O)O)c(=O)c2cc(F)c(C3CNCCN3C)c([N+](=O)[O-])c21. The zero-order valence-corrected chi connectivity index (χ0v) is 15.9. The molecular formula is C18H21FN4O6. The first-order valence-corrected chi connectivity index (χ1v) is 8.99. The lowest BCUT2D eigenvalue weighted by atomic mass is 9.97. The first-order valence-electron chi connectivity index (χ1n) is 8.99. The van der Waals surface area contributed by atoms with Crippen LogP contribution in [-0.2, 0) is 0 Å². The molecule has 1 unspecified atom stereocenters. The van der Waals surface area contributed by atoms with Crippen LogP contribution in [0.3, 0.4) is 0 Å². The standard InChI is InChI=1S/C18H21FN4O6/c1-9(8-24)22-7-11(18(26)27)17(25)10-5-12(19)14(16(15(10)22)23(28)29)13-6-20-3-4-21(13)2/h5,7,9,13,20,24H,3-4,6,8H2,1-2H3,(H,26,27)/t9-,13?/m0/s1. The van der Waals surface area contributed by atoms with Gasteiger partial charge in [-0.1, -0.05) is 0 Å². The molecule has 2 aromatic rings. The molecule has 10 nitrogen and oxygen atoms in total. The van der Waals surface area contributed by atoms with E-state index in [2.05, 4.69) is 5.32 Å². The minimum absolute atomic E-state index is 0.182. The molecule has 1 fully saturated rings. The van der Waals surface area contributed by atoms with Crippen LogP contribution in [0.1, 0.15) is 34.9 Å². The molecule has 0 spiro atoms. The minimum atomic E-state index is -1.54. The summed E-state index contributed by atoms with van der Waals surface area (Å²) in [5.41, 5.74) is -2.66. The van der Waals surface area contributed by atoms with E-state index in [4.69, 9.17) is 0 Å². The van der Waals surface area contributed by atoms with Crippen molar-refractivity contribution in [3.8, 4) is 0 Å². The van der Waals surface area contributed by atoms with Crippen LogP contribution in [0.5, 0.6) is 0 Å². The molecule has 3 N–H and O–H groups in total. The van der Waals surface area contributed by atoms with Gasteiger partial charge in [0.25, 0.3) is 0 Å². The zero-order chi connectivity index (χ0) is 21.5. The summed E-state index contributed by atoms with van der Waals surface area (Å²) >= 11 is 0. The molecule has 0 radical (unpaired) electrons. The van der Waals surface area contributed by atoms with Gasteiger partial charge >= 0.3 is 11.7 Å². The highest BCUT2D eigenvalue weighted by atomic mass is 19.1. The number of likely N-dealkylation sites (N-methyl/N-ethyl adjacent to an activating group) is 1. The number of halogens is 1. The van der Waals surface area contributed by atoms with E-state index in [-0.39, 0.29) is 17.6 Å². The number of nitro benzene ring substituents is 1. The average molecular weight is 408 g/mol. The van der Waals surface area contributed by atoms with Crippen LogP contribution in [0.15, 0.2) is 17.1 Å². The fourth-order valence-corrected chi connectivity index (χ4v) is 3.70. The van der Waals surface area contributed by atoms with Gasteiger partial charge in [-0.25, -0.2) is 9.18 Å². The molecule has 29 heavy (non-hydrogen) atoms. The number of piperazine rings is 1. The molecule has 2 heterocycles. The number of carbonyl (C=O) groups is 1. The average Bonchev–Trinajstić information content (AvgIpc) is 2.67. The number of aliphatic hydroxyl groups excluding tert-OH is 1. The first kappa shape index (κ1) is 20.8. The molecule has 1 saturated heterocycles. The normalized spacial score (nSPS) is 18.7. The molecule has 0 bridgehead atoms. The predicted molar refractivity (Wildman–Crippen MR) is 102 cm³/mol. The Morgan fingerprint density at radius 2 is 2.21 bits per heavy atom. The van der Waals surface area contributed by atoms with Gasteiger partial charge in [0.15, 0.2) is 0 Å². The third-order valence-electron chi connectivity index (χ3n) is 5.27. The second-order valence-electron chi connectivity index (χ2n) is 7.09. The molecular weight excluding hydrogens is 387 g/mol. The van der Waals surface area contributed by atoms with Crippen molar-refractivity contribution in [3.63, 3.8) is 0 Å². The summed E-state index contributed by atoms with van der Waals surface area (Å²) in [5.74, 6) is -2.49. The summed E-state index contributed by atoms with van der Waals surface area (Å²) in [5, 5.41) is 33.6. The van der Waals surface area contributed by atoms with E-state index in [1.165, 1.54) is 6.92 Å². The third-order valence-corrected chi connectivity index (χ3v) is 5.27. The number of rotatable bonds is 5. The highest BCUT2D eigenvalue weighted by molar-refractivity contribution is 5.96. The number of benzene rings is 1. The Morgan fingerprint density at radius 3 is 2.76 bits per heavy atom. The maximum atomic E-state index is 15.1. The number of nitro groups is 1. The largest absolute Gasteiger partial charge is 0.477 e. The first-order chi connectivity index (χ1) is 13.7. The number of aromatic nitrogens is 1. The Morgan fingerprint density at radius 1 is 1.52 bits per heavy atom. The maximum absolute atomic E-state index is 15.1. The molecule has 11 heteroatoms. The van der Waals surface area contributed by atoms with Gasteiger partial charge < -0.3 is 20.1 Å². The summed E-state index contributed by atoms with van der Waals surface area (Å²) in [6.45, 7) is 2.50. The zero-order valence-electron chi connectivity index (χ0n) is 15.9. The van der Waals surface area contributed by atoms with Crippen molar-refractivity contribution in [1.29, 1.82) is 0 Å². The van der Waals surface area contributed by atoms with Crippen LogP contribution in [0.25, 0.3) is 10.9 Å². The molecule has 1 aliphatic heterocycles. The van der Waals surface area contributed by atoms with Crippen molar-refractivity contribution in [2.24, 2.45) is 0 Å². The predicted octanol–water partition coefficient (Wildman–Crippen LogP) is 0.876. The number of fused-ring (bicyclic) bond motifs is 1. The lowest BCUT2D eigenvalue weighted by Gasteiger charge is -2.33. The second-order valence-corrected chi connectivity index (χ2v) is 7.09. The van der Waals surface area contributed by atoms with Crippen molar-refractivity contribution in [3.05, 3.63) is 49.5 Å². The van der Waals surface area contributed by atoms with Gasteiger partial charge in [-0.3, -0.25) is 19.8 Å². The lowest BCUT2D eigenvalue weighted by molar-refractivity contribution is -0.384. The van der Waals surface area contributed by atoms with Crippen LogP contribution < -0.4 is 10.7 Å². The number of nitrogens with one attached hydrogen (secondary N) is 1. The van der Waals surface area contributed by atoms with Crippen molar-refractivity contribution >= 4 is 22.6 Å². The van der Waals surface area contributed by atoms with Gasteiger partial charge in [-0.05, 0) is 20.0 Å². The molecule has 156 valence electrons. The van der Waals surface area contributed by atoms with E-state index in [9.17, 15) is 29.9 Å². The fraction of sp³-hybridized carbons (Fsp3) is 0.444. The van der Waals surface area contributed by atoms with Crippen molar-refractivity contribution in [2.75, 3.05) is 33.3 Å². The van der Waals surface area contributed by atoms with Crippen molar-refractivity contribution in [2.45, 2.75) is 19.0 Å². The highest BCUT2D eigenvalue weighted by Crippen LogP contribution is 2.38. The van der Waals surface area contributed by atoms with E-state index in [0.717, 1.165) is 16.8 Å². The van der Waals surface area contributed by atoms with Crippen molar-refractivity contribution in [1.82, 2.24) is 14.8 Å². The summed E-state index contributed by atoms with van der Waals surface area (Å²) < 4.78 is 16.3. The molecule has 1 aliphatic rings. The number of aliphatic hydroxyl groups is 1. The van der Waals surface area contributed by atoms with Gasteiger partial charge in [0, 0.05) is 25.8 Å². The molecule has 0 aliphatic carbocycles. The third kappa shape index (κ3) is 3.48. The maximum Gasteiger partial charge on any atom is 0.341 e. The number of carboxylic acids is 1. The van der Waals surface area contributed by atoms with Crippen LogP contribution in [-0.4, -0.2) is 63.9 Å². The number of carboxylic acid groups (broad SMARTS) is 1. The molecule has 1 aromatic heterocycles. The minimum Gasteiger partial charge on any atom is -0.477 e. The highest BCUT2D eigenvalue weighted by Gasteiger charge is 2.35. The summed E-state index contributed by atoms with van der Waals surface area (Å²) in [6.07, 6.45) is 0.964. The number of hydrogen-bond donors (Lipinski definition) is 3. The molecule has 0 saturated carbocycles. The summed E-state index contributed by atoms with van der Waals surface area (Å²) in [6, 6.07) is -0.578. The lowest BCUT2D eigenvalue weighted by Crippen LogP contribution is -2.44. The number of aromatic carboxylic acids is 1. The summed E-state index contributed by atoms with van der Waals surface area (Å²) in [4.78, 5) is 37.2. The van der Waals surface area contributed by atoms with Gasteiger partial charge in [-0.2, -0.15) is 0 Å². The second kappa shape index (κ2) is 7.85. The number of pyridine rings is 1. The Hall–Kier alpha value is -2.89. The Kier molecular flexibility index (Phi) is 5.64. The van der Waals surface area contributed by atoms with Crippen molar-refractivity contribution < 1.29 is 24.3 Å². The van der Waals surface area contributed by atoms with Crippen LogP contribution in [0.2, 0.25) is 0 Å². The molecule has 0 amide bonds. The van der Waals surface area contributed by atoms with Gasteiger partial charge in [0.2, 0.25) is 5.43 Å². The molecule has 2 atom stereocenters. The van der Waals surface area contributed by atoms with Crippen LogP contribution in [0.4, 0.5) is 10.1 Å². The Bertz CT molecular complexity index is 1050. The Labute approximate surface area is 164 Å². The molecule has 3 rings (SSSR count). The van der Waals surface area contributed by atoms with E-state index in [1.54, 1.807) is 11.9 Å². The smallest absolute Gasteiger partial charge is 0.341 e. The monoisotopic (exact) mass is 408 g/mol. The van der Waals surface area contributed by atoms with Gasteiger partial charge in [-0.15, -0.1) is 0 Å². The quantitative estimate of drug-likeness (QED) is 0.490.